The quantitative estimate of drug-likeness (QED) is 0.322. The van der Waals surface area contributed by atoms with Gasteiger partial charge in [0.15, 0.2) is 6.39 Å². The molecule has 5 rings (SSSR count). The molecule has 1 saturated carbocycles. The number of Topliss-reactive ketones (excluding diaryl/α,β-unsaturated/α-hetero) is 1. The molecule has 2 aromatic carbocycles. The van der Waals surface area contributed by atoms with Crippen molar-refractivity contribution in [1.82, 2.24) is 4.98 Å². The van der Waals surface area contributed by atoms with E-state index in [0.29, 0.717) is 22.7 Å². The SMILES string of the molecule is COc1ccc(C(O)=C2C(=O)C(=O)N(c3ccc(-c4cocn4)cc3)C2C2CCCCC2)cc1. The number of hydrogen-bond donors (Lipinski definition) is 1. The van der Waals surface area contributed by atoms with Gasteiger partial charge in [0.2, 0.25) is 0 Å². The van der Waals surface area contributed by atoms with Crippen LogP contribution in [0.5, 0.6) is 5.75 Å². The summed E-state index contributed by atoms with van der Waals surface area (Å²) in [6.07, 6.45) is 7.94. The molecule has 0 radical (unpaired) electrons. The fourth-order valence-corrected chi connectivity index (χ4v) is 5.09. The maximum atomic E-state index is 13.3. The number of methoxy groups -OCH3 is 1. The summed E-state index contributed by atoms with van der Waals surface area (Å²) >= 11 is 0. The van der Waals surface area contributed by atoms with Gasteiger partial charge in [-0.1, -0.05) is 31.4 Å². The van der Waals surface area contributed by atoms with Crippen molar-refractivity contribution < 1.29 is 23.8 Å². The summed E-state index contributed by atoms with van der Waals surface area (Å²) in [5.41, 5.74) is 2.83. The Morgan fingerprint density at radius 3 is 2.35 bits per heavy atom. The van der Waals surface area contributed by atoms with Crippen molar-refractivity contribution in [3.63, 3.8) is 0 Å². The van der Waals surface area contributed by atoms with Crippen molar-refractivity contribution in [3.05, 3.63) is 72.3 Å². The van der Waals surface area contributed by atoms with E-state index in [1.54, 1.807) is 42.5 Å². The van der Waals surface area contributed by atoms with Gasteiger partial charge in [0.1, 0.15) is 23.5 Å². The first kappa shape index (κ1) is 21.9. The van der Waals surface area contributed by atoms with Crippen LogP contribution in [-0.2, 0) is 9.59 Å². The summed E-state index contributed by atoms with van der Waals surface area (Å²) in [5, 5.41) is 11.2. The fourth-order valence-electron chi connectivity index (χ4n) is 5.09. The van der Waals surface area contributed by atoms with E-state index in [4.69, 9.17) is 9.15 Å². The van der Waals surface area contributed by atoms with Crippen LogP contribution in [0.25, 0.3) is 17.0 Å². The third-order valence-electron chi connectivity index (χ3n) is 6.82. The molecule has 1 aliphatic heterocycles. The summed E-state index contributed by atoms with van der Waals surface area (Å²) in [6, 6.07) is 13.7. The Hall–Kier alpha value is -3.87. The van der Waals surface area contributed by atoms with Crippen molar-refractivity contribution in [1.29, 1.82) is 0 Å². The fraction of sp³-hybridized carbons (Fsp3) is 0.296. The Kier molecular flexibility index (Phi) is 5.92. The number of ketones is 1. The molecule has 2 heterocycles. The average molecular weight is 459 g/mol. The summed E-state index contributed by atoms with van der Waals surface area (Å²) in [6.45, 7) is 0. The van der Waals surface area contributed by atoms with Crippen LogP contribution >= 0.6 is 0 Å². The number of hydrogen-bond acceptors (Lipinski definition) is 6. The van der Waals surface area contributed by atoms with E-state index in [2.05, 4.69) is 4.98 Å². The second-order valence-corrected chi connectivity index (χ2v) is 8.76. The summed E-state index contributed by atoms with van der Waals surface area (Å²) in [4.78, 5) is 32.3. The van der Waals surface area contributed by atoms with Crippen LogP contribution in [0.2, 0.25) is 0 Å². The van der Waals surface area contributed by atoms with Crippen molar-refractivity contribution in [2.75, 3.05) is 12.0 Å². The van der Waals surface area contributed by atoms with Crippen LogP contribution in [0.1, 0.15) is 37.7 Å². The van der Waals surface area contributed by atoms with Crippen molar-refractivity contribution in [2.24, 2.45) is 5.92 Å². The molecule has 1 amide bonds. The van der Waals surface area contributed by atoms with Gasteiger partial charge in [0.05, 0.1) is 18.7 Å². The normalized spacial score (nSPS) is 20.6. The van der Waals surface area contributed by atoms with Gasteiger partial charge in [-0.25, -0.2) is 4.98 Å². The van der Waals surface area contributed by atoms with Crippen LogP contribution in [0.4, 0.5) is 5.69 Å². The first-order chi connectivity index (χ1) is 16.6. The first-order valence-corrected chi connectivity index (χ1v) is 11.5. The van der Waals surface area contributed by atoms with Crippen LogP contribution in [-0.4, -0.2) is 34.9 Å². The van der Waals surface area contributed by atoms with E-state index in [1.807, 2.05) is 24.3 Å². The number of aromatic nitrogens is 1. The summed E-state index contributed by atoms with van der Waals surface area (Å²) in [7, 11) is 1.57. The molecule has 7 nitrogen and oxygen atoms in total. The van der Waals surface area contributed by atoms with E-state index in [0.717, 1.165) is 37.7 Å². The van der Waals surface area contributed by atoms with Gasteiger partial charge in [-0.05, 0) is 55.2 Å². The summed E-state index contributed by atoms with van der Waals surface area (Å²) < 4.78 is 10.3. The molecule has 34 heavy (non-hydrogen) atoms. The number of anilines is 1. The largest absolute Gasteiger partial charge is 0.507 e. The lowest BCUT2D eigenvalue weighted by molar-refractivity contribution is -0.132. The van der Waals surface area contributed by atoms with E-state index >= 15 is 0 Å². The number of carbonyl (C=O) groups excluding carboxylic acids is 2. The molecular weight excluding hydrogens is 432 g/mol. The highest BCUT2D eigenvalue weighted by atomic mass is 16.5. The maximum absolute atomic E-state index is 13.3. The Labute approximate surface area is 197 Å². The molecule has 1 unspecified atom stereocenters. The maximum Gasteiger partial charge on any atom is 0.299 e. The van der Waals surface area contributed by atoms with Gasteiger partial charge in [0, 0.05) is 16.8 Å². The molecule has 3 aromatic rings. The first-order valence-electron chi connectivity index (χ1n) is 11.5. The lowest BCUT2D eigenvalue weighted by Gasteiger charge is -2.34. The predicted octanol–water partition coefficient (Wildman–Crippen LogP) is 5.18. The molecule has 174 valence electrons. The number of rotatable bonds is 5. The van der Waals surface area contributed by atoms with Crippen LogP contribution in [0.15, 0.2) is 71.2 Å². The molecular formula is C27H26N2O5. The Morgan fingerprint density at radius 2 is 1.74 bits per heavy atom. The minimum absolute atomic E-state index is 0.0924. The lowest BCUT2D eigenvalue weighted by atomic mass is 9.80. The van der Waals surface area contributed by atoms with Crippen LogP contribution in [0, 0.1) is 5.92 Å². The number of nitrogens with zero attached hydrogens (tertiary/aromatic N) is 2. The smallest absolute Gasteiger partial charge is 0.299 e. The molecule has 1 aliphatic carbocycles. The van der Waals surface area contributed by atoms with Crippen molar-refractivity contribution >= 4 is 23.1 Å². The zero-order valence-corrected chi connectivity index (χ0v) is 18.9. The van der Waals surface area contributed by atoms with Gasteiger partial charge in [-0.2, -0.15) is 0 Å². The topological polar surface area (TPSA) is 92.9 Å². The number of benzene rings is 2. The monoisotopic (exact) mass is 458 g/mol. The number of aliphatic hydroxyl groups excluding tert-OH is 1. The standard InChI is InChI=1S/C27H26N2O5/c1-33-21-13-9-19(10-14-21)25(30)23-24(18-5-3-2-4-6-18)29(27(32)26(23)31)20-11-7-17(8-12-20)22-15-34-16-28-22/h7-16,18,24,30H,2-6H2,1H3. The molecule has 1 saturated heterocycles. The summed E-state index contributed by atoms with van der Waals surface area (Å²) in [5.74, 6) is -0.662. The molecule has 1 aromatic heterocycles. The number of oxazole rings is 1. The molecule has 0 bridgehead atoms. The second-order valence-electron chi connectivity index (χ2n) is 8.76. The minimum atomic E-state index is -0.649. The predicted molar refractivity (Wildman–Crippen MR) is 127 cm³/mol. The molecule has 1 atom stereocenters. The third-order valence-corrected chi connectivity index (χ3v) is 6.82. The van der Waals surface area contributed by atoms with Gasteiger partial charge in [-0.15, -0.1) is 0 Å². The number of ether oxygens (including phenoxy) is 1. The van der Waals surface area contributed by atoms with Gasteiger partial charge >= 0.3 is 0 Å². The molecule has 1 N–H and O–H groups in total. The molecule has 2 fully saturated rings. The van der Waals surface area contributed by atoms with E-state index < -0.39 is 17.7 Å². The number of amides is 1. The van der Waals surface area contributed by atoms with E-state index in [-0.39, 0.29) is 17.3 Å². The van der Waals surface area contributed by atoms with Gasteiger partial charge in [0.25, 0.3) is 11.7 Å². The number of carbonyl (C=O) groups is 2. The molecule has 7 heteroatoms. The molecule has 2 aliphatic rings. The second kappa shape index (κ2) is 9.17. The third kappa shape index (κ3) is 3.87. The van der Waals surface area contributed by atoms with Gasteiger partial charge in [-0.3, -0.25) is 14.5 Å². The van der Waals surface area contributed by atoms with Gasteiger partial charge < -0.3 is 14.3 Å². The highest BCUT2D eigenvalue weighted by Gasteiger charge is 2.49. The van der Waals surface area contributed by atoms with Crippen molar-refractivity contribution in [2.45, 2.75) is 38.1 Å². The number of aliphatic hydroxyl groups is 1. The van der Waals surface area contributed by atoms with E-state index in [9.17, 15) is 14.7 Å². The average Bonchev–Trinajstić information content (AvgIpc) is 3.52. The highest BCUT2D eigenvalue weighted by Crippen LogP contribution is 2.41. The minimum Gasteiger partial charge on any atom is -0.507 e. The zero-order chi connectivity index (χ0) is 23.7. The van der Waals surface area contributed by atoms with Crippen molar-refractivity contribution in [3.8, 4) is 17.0 Å². The van der Waals surface area contributed by atoms with Crippen LogP contribution < -0.4 is 9.64 Å². The Bertz CT molecular complexity index is 1210. The van der Waals surface area contributed by atoms with Crippen LogP contribution in [0.3, 0.4) is 0 Å². The highest BCUT2D eigenvalue weighted by molar-refractivity contribution is 6.51. The Balaban J connectivity index is 1.58. The zero-order valence-electron chi connectivity index (χ0n) is 18.9. The Morgan fingerprint density at radius 1 is 1.03 bits per heavy atom. The lowest BCUT2D eigenvalue weighted by Crippen LogP contribution is -2.40. The van der Waals surface area contributed by atoms with E-state index in [1.165, 1.54) is 6.39 Å². The molecule has 0 spiro atoms.